The van der Waals surface area contributed by atoms with Crippen molar-refractivity contribution >= 4 is 28.8 Å². The highest BCUT2D eigenvalue weighted by Crippen LogP contribution is 2.27. The molecule has 0 spiro atoms. The van der Waals surface area contributed by atoms with Gasteiger partial charge in [-0.3, -0.25) is 14.6 Å². The van der Waals surface area contributed by atoms with Crippen LogP contribution in [0.25, 0.3) is 10.6 Å². The summed E-state index contributed by atoms with van der Waals surface area (Å²) in [5.41, 5.74) is 6.49. The molecule has 2 heterocycles. The molecule has 2 N–H and O–H groups in total. The lowest BCUT2D eigenvalue weighted by Crippen LogP contribution is -2.49. The molecule has 196 valence electrons. The zero-order valence-electron chi connectivity index (χ0n) is 22.1. The third kappa shape index (κ3) is 6.74. The van der Waals surface area contributed by atoms with Crippen LogP contribution in [0.3, 0.4) is 0 Å². The molecule has 0 fully saturated rings. The minimum absolute atomic E-state index is 0.0383. The number of aromatic nitrogens is 1. The van der Waals surface area contributed by atoms with Crippen LogP contribution in [-0.2, 0) is 22.7 Å². The molecule has 4 rings (SSSR count). The highest BCUT2D eigenvalue weighted by atomic mass is 32.1. The second-order valence-corrected chi connectivity index (χ2v) is 10.2. The maximum atomic E-state index is 13.2. The van der Waals surface area contributed by atoms with Crippen molar-refractivity contribution in [3.8, 4) is 10.6 Å². The Morgan fingerprint density at radius 3 is 2.43 bits per heavy atom. The summed E-state index contributed by atoms with van der Waals surface area (Å²) in [4.78, 5) is 32.6. The molecule has 2 aromatic carbocycles. The molecular formula is C28H36N6O2S. The quantitative estimate of drug-likeness (QED) is 0.376. The van der Waals surface area contributed by atoms with E-state index in [0.29, 0.717) is 26.2 Å². The number of rotatable bonds is 11. The van der Waals surface area contributed by atoms with Crippen molar-refractivity contribution in [2.24, 2.45) is 0 Å². The summed E-state index contributed by atoms with van der Waals surface area (Å²) in [6.45, 7) is 9.50. The van der Waals surface area contributed by atoms with Gasteiger partial charge in [0.25, 0.3) is 5.91 Å². The van der Waals surface area contributed by atoms with Crippen molar-refractivity contribution in [2.45, 2.75) is 33.9 Å². The van der Waals surface area contributed by atoms with Crippen LogP contribution in [0.15, 0.2) is 47.8 Å². The lowest BCUT2D eigenvalue weighted by molar-refractivity contribution is -0.151. The molecule has 0 unspecified atom stereocenters. The number of anilines is 1. The van der Waals surface area contributed by atoms with Gasteiger partial charge < -0.3 is 15.5 Å². The molecule has 1 aliphatic rings. The first-order valence-electron chi connectivity index (χ1n) is 12.7. The molecule has 37 heavy (non-hydrogen) atoms. The molecule has 0 atom stereocenters. The predicted molar refractivity (Wildman–Crippen MR) is 149 cm³/mol. The summed E-state index contributed by atoms with van der Waals surface area (Å²) in [7, 11) is 1.79. The standard InChI is InChI=1S/C28H36N6O2S/c1-5-29-12-13-33(18-27(36)32(4)34-16-23-8-6-7-9-24(23)17-34)26(35)15-30-25-11-10-22(14-20(25)2)28-31-21(3)19-37-28/h6-11,14,19,29-30H,5,12-13,15-18H2,1-4H3. The fourth-order valence-corrected chi connectivity index (χ4v) is 5.19. The van der Waals surface area contributed by atoms with Crippen molar-refractivity contribution in [1.29, 1.82) is 0 Å². The lowest BCUT2D eigenvalue weighted by Gasteiger charge is -2.31. The molecule has 1 aromatic heterocycles. The van der Waals surface area contributed by atoms with E-state index in [9.17, 15) is 9.59 Å². The van der Waals surface area contributed by atoms with Crippen molar-refractivity contribution in [3.05, 3.63) is 70.2 Å². The van der Waals surface area contributed by atoms with E-state index in [1.54, 1.807) is 28.3 Å². The number of nitrogens with one attached hydrogen (secondary N) is 2. The molecule has 0 bridgehead atoms. The van der Waals surface area contributed by atoms with Crippen LogP contribution in [0.5, 0.6) is 0 Å². The van der Waals surface area contributed by atoms with E-state index in [0.717, 1.165) is 34.1 Å². The van der Waals surface area contributed by atoms with E-state index >= 15 is 0 Å². The summed E-state index contributed by atoms with van der Waals surface area (Å²) >= 11 is 1.62. The number of benzene rings is 2. The number of nitrogens with zero attached hydrogens (tertiary/aromatic N) is 4. The minimum atomic E-state index is -0.108. The Hall–Kier alpha value is -3.27. The number of fused-ring (bicyclic) bond motifs is 1. The Balaban J connectivity index is 1.36. The molecule has 2 amide bonds. The SMILES string of the molecule is CCNCCN(CC(=O)N(C)N1Cc2ccccc2C1)C(=O)CNc1ccc(-c2nc(C)cs2)cc1C. The largest absolute Gasteiger partial charge is 0.376 e. The normalized spacial score (nSPS) is 12.9. The Morgan fingerprint density at radius 2 is 1.81 bits per heavy atom. The summed E-state index contributed by atoms with van der Waals surface area (Å²) in [6.07, 6.45) is 0. The van der Waals surface area contributed by atoms with Gasteiger partial charge in [-0.25, -0.2) is 9.99 Å². The van der Waals surface area contributed by atoms with E-state index in [-0.39, 0.29) is 24.9 Å². The van der Waals surface area contributed by atoms with Gasteiger partial charge in [0.15, 0.2) is 0 Å². The van der Waals surface area contributed by atoms with Crippen LogP contribution in [0.2, 0.25) is 0 Å². The van der Waals surface area contributed by atoms with E-state index in [1.807, 2.05) is 55.4 Å². The van der Waals surface area contributed by atoms with Crippen molar-refractivity contribution in [1.82, 2.24) is 25.2 Å². The Morgan fingerprint density at radius 1 is 1.08 bits per heavy atom. The molecule has 0 aliphatic carbocycles. The Labute approximate surface area is 223 Å². The third-order valence-electron chi connectivity index (χ3n) is 6.62. The van der Waals surface area contributed by atoms with Gasteiger partial charge in [-0.05, 0) is 55.3 Å². The zero-order valence-corrected chi connectivity index (χ0v) is 22.9. The predicted octanol–water partition coefficient (Wildman–Crippen LogP) is 3.67. The molecule has 0 radical (unpaired) electrons. The van der Waals surface area contributed by atoms with Gasteiger partial charge in [-0.1, -0.05) is 31.2 Å². The van der Waals surface area contributed by atoms with Gasteiger partial charge in [-0.2, -0.15) is 0 Å². The maximum Gasteiger partial charge on any atom is 0.256 e. The number of hydrogen-bond acceptors (Lipinski definition) is 7. The van der Waals surface area contributed by atoms with Gasteiger partial charge in [0.2, 0.25) is 5.91 Å². The number of hydrogen-bond donors (Lipinski definition) is 2. The number of hydrazine groups is 1. The smallest absolute Gasteiger partial charge is 0.256 e. The first-order valence-corrected chi connectivity index (χ1v) is 13.6. The van der Waals surface area contributed by atoms with Crippen LogP contribution in [0, 0.1) is 13.8 Å². The van der Waals surface area contributed by atoms with Crippen LogP contribution in [-0.4, -0.2) is 71.5 Å². The van der Waals surface area contributed by atoms with Crippen molar-refractivity contribution in [3.63, 3.8) is 0 Å². The molecule has 0 saturated heterocycles. The second-order valence-electron chi connectivity index (χ2n) is 9.35. The fourth-order valence-electron chi connectivity index (χ4n) is 4.40. The minimum Gasteiger partial charge on any atom is -0.376 e. The first-order chi connectivity index (χ1) is 17.9. The Kier molecular flexibility index (Phi) is 8.91. The van der Waals surface area contributed by atoms with Gasteiger partial charge in [0.05, 0.1) is 6.54 Å². The van der Waals surface area contributed by atoms with E-state index in [4.69, 9.17) is 0 Å². The molecule has 0 saturated carbocycles. The number of aryl methyl sites for hydroxylation is 2. The maximum absolute atomic E-state index is 13.2. The van der Waals surface area contributed by atoms with Crippen molar-refractivity contribution < 1.29 is 9.59 Å². The van der Waals surface area contributed by atoms with Crippen LogP contribution >= 0.6 is 11.3 Å². The topological polar surface area (TPSA) is 80.8 Å². The number of likely N-dealkylation sites (N-methyl/N-ethyl adjacent to an activating group) is 2. The van der Waals surface area contributed by atoms with E-state index in [2.05, 4.69) is 33.8 Å². The highest BCUT2D eigenvalue weighted by molar-refractivity contribution is 7.13. The van der Waals surface area contributed by atoms with Crippen molar-refractivity contribution in [2.75, 3.05) is 45.1 Å². The lowest BCUT2D eigenvalue weighted by atomic mass is 10.1. The first kappa shape index (κ1) is 26.8. The highest BCUT2D eigenvalue weighted by Gasteiger charge is 2.27. The van der Waals surface area contributed by atoms with E-state index in [1.165, 1.54) is 11.1 Å². The van der Waals surface area contributed by atoms with Gasteiger partial charge in [0, 0.05) is 55.6 Å². The molecule has 1 aliphatic heterocycles. The second kappa shape index (κ2) is 12.3. The Bertz CT molecular complexity index is 1220. The van der Waals surface area contributed by atoms with Crippen LogP contribution in [0.4, 0.5) is 5.69 Å². The number of carbonyl (C=O) groups excluding carboxylic acids is 2. The van der Waals surface area contributed by atoms with Gasteiger partial charge >= 0.3 is 0 Å². The molecule has 3 aromatic rings. The average Bonchev–Trinajstić information content (AvgIpc) is 3.53. The van der Waals surface area contributed by atoms with Gasteiger partial charge in [-0.15, -0.1) is 11.3 Å². The van der Waals surface area contributed by atoms with E-state index < -0.39 is 0 Å². The molecule has 8 nitrogen and oxygen atoms in total. The molecule has 9 heteroatoms. The van der Waals surface area contributed by atoms with Gasteiger partial charge in [0.1, 0.15) is 11.6 Å². The summed E-state index contributed by atoms with van der Waals surface area (Å²) in [5.74, 6) is -0.208. The summed E-state index contributed by atoms with van der Waals surface area (Å²) in [5, 5.41) is 13.2. The number of amides is 2. The summed E-state index contributed by atoms with van der Waals surface area (Å²) in [6, 6.07) is 14.3. The third-order valence-corrected chi connectivity index (χ3v) is 7.63. The fraction of sp³-hybridized carbons (Fsp3) is 0.393. The number of carbonyl (C=O) groups is 2. The monoisotopic (exact) mass is 520 g/mol. The zero-order chi connectivity index (χ0) is 26.4. The average molecular weight is 521 g/mol. The number of thiazole rings is 1. The van der Waals surface area contributed by atoms with Crippen LogP contribution < -0.4 is 10.6 Å². The summed E-state index contributed by atoms with van der Waals surface area (Å²) < 4.78 is 0. The van der Waals surface area contributed by atoms with Crippen LogP contribution in [0.1, 0.15) is 29.3 Å². The molecular weight excluding hydrogens is 484 g/mol.